The third-order valence-corrected chi connectivity index (χ3v) is 6.79. The van der Waals surface area contributed by atoms with Crippen LogP contribution in [0, 0.1) is 0 Å². The number of ether oxygens (including phenoxy) is 2. The first-order valence-corrected chi connectivity index (χ1v) is 11.4. The lowest BCUT2D eigenvalue weighted by Crippen LogP contribution is -2.37. The Hall–Kier alpha value is -3.80. The van der Waals surface area contributed by atoms with Gasteiger partial charge in [0.2, 0.25) is 6.79 Å². The number of rotatable bonds is 4. The van der Waals surface area contributed by atoms with Crippen molar-refractivity contribution in [3.8, 4) is 11.5 Å². The highest BCUT2D eigenvalue weighted by molar-refractivity contribution is 5.95. The summed E-state index contributed by atoms with van der Waals surface area (Å²) >= 11 is 0. The van der Waals surface area contributed by atoms with Crippen molar-refractivity contribution in [3.05, 3.63) is 89.2 Å². The first-order chi connectivity index (χ1) is 16.2. The zero-order chi connectivity index (χ0) is 22.4. The van der Waals surface area contributed by atoms with E-state index in [0.717, 1.165) is 36.1 Å². The van der Waals surface area contributed by atoms with E-state index in [1.54, 1.807) is 6.07 Å². The summed E-state index contributed by atoms with van der Waals surface area (Å²) in [6, 6.07) is 22.0. The van der Waals surface area contributed by atoms with Crippen LogP contribution in [0.15, 0.2) is 66.7 Å². The fraction of sp³-hybridized carbons (Fsp3) is 0.259. The normalized spacial score (nSPS) is 16.6. The maximum atomic E-state index is 14.0. The number of benzene rings is 3. The van der Waals surface area contributed by atoms with Gasteiger partial charge >= 0.3 is 0 Å². The molecule has 6 nitrogen and oxygen atoms in total. The molecule has 0 radical (unpaired) electrons. The maximum absolute atomic E-state index is 14.0. The van der Waals surface area contributed by atoms with Gasteiger partial charge in [0.05, 0.1) is 23.6 Å². The highest BCUT2D eigenvalue weighted by Gasteiger charge is 2.32. The van der Waals surface area contributed by atoms with Crippen LogP contribution in [-0.4, -0.2) is 27.2 Å². The van der Waals surface area contributed by atoms with Gasteiger partial charge in [-0.25, -0.2) is 4.98 Å². The maximum Gasteiger partial charge on any atom is 0.254 e. The van der Waals surface area contributed by atoms with Crippen LogP contribution in [0.2, 0.25) is 0 Å². The van der Waals surface area contributed by atoms with E-state index < -0.39 is 0 Å². The number of amides is 1. The summed E-state index contributed by atoms with van der Waals surface area (Å²) in [5.74, 6) is 2.14. The molecule has 166 valence electrons. The lowest BCUT2D eigenvalue weighted by Gasteiger charge is -2.36. The van der Waals surface area contributed by atoms with Crippen LogP contribution in [0.25, 0.3) is 11.0 Å². The molecule has 1 aliphatic carbocycles. The molecule has 33 heavy (non-hydrogen) atoms. The van der Waals surface area contributed by atoms with Gasteiger partial charge in [-0.1, -0.05) is 36.4 Å². The van der Waals surface area contributed by atoms with E-state index >= 15 is 0 Å². The molecule has 0 saturated heterocycles. The smallest absolute Gasteiger partial charge is 0.254 e. The van der Waals surface area contributed by atoms with Gasteiger partial charge < -0.3 is 18.9 Å². The lowest BCUT2D eigenvalue weighted by molar-refractivity contribution is 0.0630. The lowest BCUT2D eigenvalue weighted by atomic mass is 9.86. The van der Waals surface area contributed by atoms with Gasteiger partial charge in [0.25, 0.3) is 5.91 Å². The van der Waals surface area contributed by atoms with Crippen molar-refractivity contribution in [2.45, 2.75) is 31.8 Å². The average Bonchev–Trinajstić information content (AvgIpc) is 3.46. The quantitative estimate of drug-likeness (QED) is 0.448. The molecule has 0 N–H and O–H groups in total. The zero-order valence-corrected chi connectivity index (χ0v) is 18.5. The molecule has 6 rings (SSSR count). The van der Waals surface area contributed by atoms with E-state index in [1.165, 1.54) is 11.1 Å². The SMILES string of the molecule is Cn1c(CN(C(=O)c2ccc3c(c2)OCO3)C2CCCc3ccccc32)nc2ccccc21. The molecule has 0 saturated carbocycles. The summed E-state index contributed by atoms with van der Waals surface area (Å²) in [5.41, 5.74) is 5.15. The minimum atomic E-state index is -0.0259. The summed E-state index contributed by atoms with van der Waals surface area (Å²) in [6.07, 6.45) is 3.03. The van der Waals surface area contributed by atoms with Gasteiger partial charge in [-0.3, -0.25) is 4.79 Å². The largest absolute Gasteiger partial charge is 0.454 e. The third-order valence-electron chi connectivity index (χ3n) is 6.79. The number of aryl methyl sites for hydroxylation is 2. The van der Waals surface area contributed by atoms with Gasteiger partial charge in [-0.2, -0.15) is 0 Å². The van der Waals surface area contributed by atoms with Crippen LogP contribution in [0.3, 0.4) is 0 Å². The summed E-state index contributed by atoms with van der Waals surface area (Å²) in [7, 11) is 2.02. The highest BCUT2D eigenvalue weighted by atomic mass is 16.7. The van der Waals surface area contributed by atoms with Crippen molar-refractivity contribution >= 4 is 16.9 Å². The molecule has 0 spiro atoms. The van der Waals surface area contributed by atoms with Crippen molar-refractivity contribution in [1.82, 2.24) is 14.5 Å². The summed E-state index contributed by atoms with van der Waals surface area (Å²) in [4.78, 5) is 20.8. The van der Waals surface area contributed by atoms with Crippen molar-refractivity contribution < 1.29 is 14.3 Å². The van der Waals surface area contributed by atoms with Crippen LogP contribution in [0.1, 0.15) is 46.2 Å². The zero-order valence-electron chi connectivity index (χ0n) is 18.5. The average molecular weight is 440 g/mol. The van der Waals surface area contributed by atoms with Gasteiger partial charge in [0.15, 0.2) is 11.5 Å². The summed E-state index contributed by atoms with van der Waals surface area (Å²) < 4.78 is 13.1. The Balaban J connectivity index is 1.43. The van der Waals surface area contributed by atoms with E-state index in [4.69, 9.17) is 14.5 Å². The molecule has 2 aliphatic rings. The van der Waals surface area contributed by atoms with Crippen LogP contribution in [0.5, 0.6) is 11.5 Å². The van der Waals surface area contributed by atoms with Crippen LogP contribution in [0.4, 0.5) is 0 Å². The van der Waals surface area contributed by atoms with E-state index in [-0.39, 0.29) is 18.7 Å². The standard InChI is InChI=1S/C27H25N3O3/c1-29-23-11-5-4-10-21(23)28-26(29)16-30(22-12-6-8-18-7-2-3-9-20(18)22)27(31)19-13-14-24-25(15-19)33-17-32-24/h2-5,7,9-11,13-15,22H,6,8,12,16-17H2,1H3. The fourth-order valence-electron chi connectivity index (χ4n) is 5.06. The second-order valence-corrected chi connectivity index (χ2v) is 8.68. The third kappa shape index (κ3) is 3.42. The summed E-state index contributed by atoms with van der Waals surface area (Å²) in [5, 5.41) is 0. The molecule has 1 aliphatic heterocycles. The Morgan fingerprint density at radius 1 is 1.06 bits per heavy atom. The molecule has 0 bridgehead atoms. The van der Waals surface area contributed by atoms with Crippen molar-refractivity contribution in [2.24, 2.45) is 7.05 Å². The molecular formula is C27H25N3O3. The van der Waals surface area contributed by atoms with E-state index in [2.05, 4.69) is 34.9 Å². The van der Waals surface area contributed by atoms with Crippen LogP contribution < -0.4 is 9.47 Å². The van der Waals surface area contributed by atoms with Crippen molar-refractivity contribution in [3.63, 3.8) is 0 Å². The Morgan fingerprint density at radius 2 is 1.88 bits per heavy atom. The molecule has 0 fully saturated rings. The van der Waals surface area contributed by atoms with E-state index in [1.807, 2.05) is 42.3 Å². The number of hydrogen-bond acceptors (Lipinski definition) is 4. The molecule has 1 atom stereocenters. The number of aromatic nitrogens is 2. The van der Waals surface area contributed by atoms with Gasteiger partial charge in [-0.05, 0) is 60.7 Å². The number of nitrogens with zero attached hydrogens (tertiary/aromatic N) is 3. The highest BCUT2D eigenvalue weighted by Crippen LogP contribution is 2.38. The number of para-hydroxylation sites is 2. The topological polar surface area (TPSA) is 56.6 Å². The Labute approximate surface area is 192 Å². The number of carbonyl (C=O) groups is 1. The Morgan fingerprint density at radius 3 is 2.79 bits per heavy atom. The Bertz CT molecular complexity index is 1360. The fourth-order valence-corrected chi connectivity index (χ4v) is 5.06. The number of imidazole rings is 1. The summed E-state index contributed by atoms with van der Waals surface area (Å²) in [6.45, 7) is 0.615. The van der Waals surface area contributed by atoms with Gasteiger partial charge in [0.1, 0.15) is 5.82 Å². The molecule has 1 unspecified atom stereocenters. The number of carbonyl (C=O) groups excluding carboxylic acids is 1. The first-order valence-electron chi connectivity index (χ1n) is 11.4. The predicted octanol–water partition coefficient (Wildman–Crippen LogP) is 5.02. The van der Waals surface area contributed by atoms with E-state index in [9.17, 15) is 4.79 Å². The van der Waals surface area contributed by atoms with Gasteiger partial charge in [0, 0.05) is 12.6 Å². The minimum absolute atomic E-state index is 0.00677. The molecule has 6 heteroatoms. The van der Waals surface area contributed by atoms with Crippen molar-refractivity contribution in [1.29, 1.82) is 0 Å². The number of hydrogen-bond donors (Lipinski definition) is 0. The predicted molar refractivity (Wildman–Crippen MR) is 125 cm³/mol. The molecule has 3 aromatic carbocycles. The van der Waals surface area contributed by atoms with Crippen LogP contribution >= 0.6 is 0 Å². The molecule has 1 aromatic heterocycles. The van der Waals surface area contributed by atoms with Crippen molar-refractivity contribution in [2.75, 3.05) is 6.79 Å². The second kappa shape index (κ2) is 7.96. The van der Waals surface area contributed by atoms with E-state index in [0.29, 0.717) is 23.6 Å². The molecule has 1 amide bonds. The molecular weight excluding hydrogens is 414 g/mol. The van der Waals surface area contributed by atoms with Gasteiger partial charge in [-0.15, -0.1) is 0 Å². The first kappa shape index (κ1) is 19.9. The molecule has 2 heterocycles. The second-order valence-electron chi connectivity index (χ2n) is 8.68. The van der Waals surface area contributed by atoms with Crippen LogP contribution in [-0.2, 0) is 20.0 Å². The monoisotopic (exact) mass is 439 g/mol. The Kier molecular flexibility index (Phi) is 4.79. The minimum Gasteiger partial charge on any atom is -0.454 e. The number of fused-ring (bicyclic) bond motifs is 3. The molecule has 4 aromatic rings.